The number of aromatic hydroxyl groups is 1. The molecule has 0 aliphatic carbocycles. The van der Waals surface area contributed by atoms with Crippen molar-refractivity contribution in [2.75, 3.05) is 24.6 Å². The van der Waals surface area contributed by atoms with Crippen molar-refractivity contribution in [1.29, 1.82) is 0 Å². The van der Waals surface area contributed by atoms with Crippen LogP contribution < -0.4 is 0 Å². The van der Waals surface area contributed by atoms with E-state index in [1.165, 1.54) is 12.1 Å². The van der Waals surface area contributed by atoms with E-state index in [1.807, 2.05) is 18.2 Å². The molecule has 2 fully saturated rings. The summed E-state index contributed by atoms with van der Waals surface area (Å²) in [5, 5.41) is 9.43. The Kier molecular flexibility index (Phi) is 4.61. The van der Waals surface area contributed by atoms with Crippen LogP contribution in [0.15, 0.2) is 48.7 Å². The summed E-state index contributed by atoms with van der Waals surface area (Å²) in [6.07, 6.45) is 1.73. The van der Waals surface area contributed by atoms with Crippen molar-refractivity contribution < 1.29 is 18.3 Å². The van der Waals surface area contributed by atoms with E-state index >= 15 is 0 Å². The molecule has 4 rings (SSSR count). The van der Waals surface area contributed by atoms with Crippen LogP contribution in [0.3, 0.4) is 0 Å². The molecule has 1 amide bonds. The summed E-state index contributed by atoms with van der Waals surface area (Å²) in [4.78, 5) is 21.1. The van der Waals surface area contributed by atoms with Crippen molar-refractivity contribution >= 4 is 15.7 Å². The summed E-state index contributed by atoms with van der Waals surface area (Å²) < 4.78 is 24.7. The molecule has 3 heterocycles. The zero-order valence-corrected chi connectivity index (χ0v) is 15.5. The number of piperazine rings is 1. The van der Waals surface area contributed by atoms with E-state index in [-0.39, 0.29) is 35.2 Å². The molecule has 1 aromatic carbocycles. The molecule has 0 bridgehead atoms. The molecular weight excluding hydrogens is 366 g/mol. The van der Waals surface area contributed by atoms with Gasteiger partial charge in [-0.1, -0.05) is 6.07 Å². The highest BCUT2D eigenvalue weighted by atomic mass is 32.2. The van der Waals surface area contributed by atoms with E-state index in [9.17, 15) is 18.3 Å². The first kappa shape index (κ1) is 17.9. The number of nitrogens with zero attached hydrogens (tertiary/aromatic N) is 3. The zero-order chi connectivity index (χ0) is 19.0. The lowest BCUT2D eigenvalue weighted by molar-refractivity contribution is 0.0302. The maximum atomic E-state index is 12.9. The highest BCUT2D eigenvalue weighted by molar-refractivity contribution is 7.91. The Hall–Kier alpha value is -2.45. The van der Waals surface area contributed by atoms with Gasteiger partial charge in [0.2, 0.25) is 0 Å². The number of fused-ring (bicyclic) bond motifs is 1. The highest BCUT2D eigenvalue weighted by Gasteiger charge is 2.48. The number of carbonyl (C=O) groups excluding carboxylic acids is 1. The van der Waals surface area contributed by atoms with Crippen molar-refractivity contribution in [3.63, 3.8) is 0 Å². The van der Waals surface area contributed by atoms with Crippen molar-refractivity contribution in [3.05, 3.63) is 59.9 Å². The van der Waals surface area contributed by atoms with Crippen LogP contribution in [0.1, 0.15) is 16.1 Å². The standard InChI is InChI=1S/C19H21N3O4S/c23-16-6-4-14(5-7-16)19(24)22-10-9-21(11-15-3-1-2-8-20-15)17-12-27(25,26)13-18(17)22/h1-8,17-18,23H,9-13H2/t17-,18+/m1/s1. The molecule has 0 radical (unpaired) electrons. The molecule has 0 unspecified atom stereocenters. The average Bonchev–Trinajstić information content (AvgIpc) is 2.98. The van der Waals surface area contributed by atoms with Gasteiger partial charge in [-0.3, -0.25) is 14.7 Å². The second kappa shape index (κ2) is 6.94. The number of aromatic nitrogens is 1. The third-order valence-corrected chi connectivity index (χ3v) is 6.96. The van der Waals surface area contributed by atoms with Gasteiger partial charge in [0.05, 0.1) is 23.2 Å². The predicted molar refractivity (Wildman–Crippen MR) is 100 cm³/mol. The van der Waals surface area contributed by atoms with E-state index in [0.29, 0.717) is 25.2 Å². The van der Waals surface area contributed by atoms with Gasteiger partial charge in [0, 0.05) is 37.4 Å². The lowest BCUT2D eigenvalue weighted by atomic mass is 10.0. The Bertz CT molecular complexity index is 931. The molecule has 2 atom stereocenters. The van der Waals surface area contributed by atoms with Crippen LogP contribution >= 0.6 is 0 Å². The third kappa shape index (κ3) is 3.68. The molecule has 2 aromatic rings. The molecule has 8 heteroatoms. The monoisotopic (exact) mass is 387 g/mol. The second-order valence-electron chi connectivity index (χ2n) is 7.05. The van der Waals surface area contributed by atoms with Crippen molar-refractivity contribution in [3.8, 4) is 5.75 Å². The minimum atomic E-state index is -3.21. The lowest BCUT2D eigenvalue weighted by Gasteiger charge is -2.43. The Morgan fingerprint density at radius 3 is 2.52 bits per heavy atom. The number of sulfone groups is 1. The fourth-order valence-electron chi connectivity index (χ4n) is 3.94. The van der Waals surface area contributed by atoms with Crippen LogP contribution in [0.5, 0.6) is 5.75 Å². The molecule has 1 aromatic heterocycles. The van der Waals surface area contributed by atoms with Gasteiger partial charge in [-0.05, 0) is 36.4 Å². The van der Waals surface area contributed by atoms with Gasteiger partial charge < -0.3 is 10.0 Å². The second-order valence-corrected chi connectivity index (χ2v) is 9.20. The minimum absolute atomic E-state index is 0.0137. The van der Waals surface area contributed by atoms with Crippen LogP contribution in [-0.4, -0.2) is 70.9 Å². The van der Waals surface area contributed by atoms with Gasteiger partial charge in [-0.15, -0.1) is 0 Å². The summed E-state index contributed by atoms with van der Waals surface area (Å²) in [7, 11) is -3.21. The Labute approximate surface area is 158 Å². The van der Waals surface area contributed by atoms with Crippen molar-refractivity contribution in [2.45, 2.75) is 18.6 Å². The first-order valence-electron chi connectivity index (χ1n) is 8.87. The van der Waals surface area contributed by atoms with Crippen LogP contribution in [0, 0.1) is 0 Å². The minimum Gasteiger partial charge on any atom is -0.508 e. The Morgan fingerprint density at radius 1 is 1.07 bits per heavy atom. The summed E-state index contributed by atoms with van der Waals surface area (Å²) >= 11 is 0. The summed E-state index contributed by atoms with van der Waals surface area (Å²) in [5.41, 5.74) is 1.34. The number of carbonyl (C=O) groups is 1. The largest absolute Gasteiger partial charge is 0.508 e. The van der Waals surface area contributed by atoms with E-state index in [0.717, 1.165) is 5.69 Å². The van der Waals surface area contributed by atoms with Gasteiger partial charge in [0.25, 0.3) is 5.91 Å². The first-order valence-corrected chi connectivity index (χ1v) is 10.7. The van der Waals surface area contributed by atoms with Gasteiger partial charge >= 0.3 is 0 Å². The maximum absolute atomic E-state index is 12.9. The molecule has 2 aliphatic heterocycles. The fourth-order valence-corrected chi connectivity index (χ4v) is 5.95. The quantitative estimate of drug-likeness (QED) is 0.842. The molecule has 1 N–H and O–H groups in total. The van der Waals surface area contributed by atoms with E-state index in [2.05, 4.69) is 9.88 Å². The molecule has 0 saturated carbocycles. The topological polar surface area (TPSA) is 90.8 Å². The number of hydrogen-bond donors (Lipinski definition) is 1. The van der Waals surface area contributed by atoms with E-state index in [1.54, 1.807) is 23.2 Å². The number of hydrogen-bond acceptors (Lipinski definition) is 6. The number of phenols is 1. The van der Waals surface area contributed by atoms with Crippen molar-refractivity contribution in [1.82, 2.24) is 14.8 Å². The molecule has 2 aliphatic rings. The number of rotatable bonds is 3. The smallest absolute Gasteiger partial charge is 0.254 e. The van der Waals surface area contributed by atoms with Crippen LogP contribution in [0.2, 0.25) is 0 Å². The van der Waals surface area contributed by atoms with E-state index in [4.69, 9.17) is 0 Å². The van der Waals surface area contributed by atoms with Gasteiger partial charge in [0.15, 0.2) is 9.84 Å². The Balaban J connectivity index is 1.58. The molecule has 2 saturated heterocycles. The van der Waals surface area contributed by atoms with Crippen molar-refractivity contribution in [2.24, 2.45) is 0 Å². The summed E-state index contributed by atoms with van der Waals surface area (Å²) in [6, 6.07) is 11.1. The predicted octanol–water partition coefficient (Wildman–Crippen LogP) is 0.911. The molecular formula is C19H21N3O4S. The molecule has 27 heavy (non-hydrogen) atoms. The third-order valence-electron chi connectivity index (χ3n) is 5.26. The normalized spacial score (nSPS) is 24.5. The summed E-state index contributed by atoms with van der Waals surface area (Å²) in [5.74, 6) is -0.0583. The molecule has 0 spiro atoms. The lowest BCUT2D eigenvalue weighted by Crippen LogP contribution is -2.60. The molecule has 7 nitrogen and oxygen atoms in total. The number of pyridine rings is 1. The van der Waals surface area contributed by atoms with Gasteiger partial charge in [-0.25, -0.2) is 8.42 Å². The highest BCUT2D eigenvalue weighted by Crippen LogP contribution is 2.29. The maximum Gasteiger partial charge on any atom is 0.254 e. The Morgan fingerprint density at radius 2 is 1.81 bits per heavy atom. The van der Waals surface area contributed by atoms with Gasteiger partial charge in [0.1, 0.15) is 5.75 Å². The first-order chi connectivity index (χ1) is 12.9. The van der Waals surface area contributed by atoms with Crippen LogP contribution in [0.25, 0.3) is 0 Å². The average molecular weight is 387 g/mol. The van der Waals surface area contributed by atoms with Crippen LogP contribution in [-0.2, 0) is 16.4 Å². The van der Waals surface area contributed by atoms with Gasteiger partial charge in [-0.2, -0.15) is 0 Å². The zero-order valence-electron chi connectivity index (χ0n) is 14.7. The van der Waals surface area contributed by atoms with E-state index < -0.39 is 9.84 Å². The number of phenolic OH excluding ortho intramolecular Hbond substituents is 1. The van der Waals surface area contributed by atoms with Crippen LogP contribution in [0.4, 0.5) is 0 Å². The molecule has 142 valence electrons. The SMILES string of the molecule is O=C(c1ccc(O)cc1)N1CCN(Cc2ccccn2)[C@@H]2CS(=O)(=O)C[C@@H]21. The number of amides is 1. The fraction of sp³-hybridized carbons (Fsp3) is 0.368. The summed E-state index contributed by atoms with van der Waals surface area (Å²) in [6.45, 7) is 1.62. The number of benzene rings is 1.